The molecule has 0 bridgehead atoms. The Bertz CT molecular complexity index is 864. The number of rotatable bonds is 6. The van der Waals surface area contributed by atoms with Crippen LogP contribution >= 0.6 is 0 Å². The van der Waals surface area contributed by atoms with E-state index in [1.807, 2.05) is 18.2 Å². The zero-order valence-corrected chi connectivity index (χ0v) is 15.2. The predicted octanol–water partition coefficient (Wildman–Crippen LogP) is 2.27. The van der Waals surface area contributed by atoms with E-state index >= 15 is 0 Å². The third-order valence-electron chi connectivity index (χ3n) is 4.51. The number of benzene rings is 2. The van der Waals surface area contributed by atoms with E-state index < -0.39 is 5.97 Å². The second-order valence-corrected chi connectivity index (χ2v) is 6.24. The summed E-state index contributed by atoms with van der Waals surface area (Å²) >= 11 is 0. The highest BCUT2D eigenvalue weighted by molar-refractivity contribution is 5.91. The van der Waals surface area contributed by atoms with Crippen molar-refractivity contribution in [3.63, 3.8) is 0 Å². The first-order chi connectivity index (χ1) is 13.0. The summed E-state index contributed by atoms with van der Waals surface area (Å²) in [5.41, 5.74) is 1.70. The fraction of sp³-hybridized carbons (Fsp3) is 0.300. The number of ether oxygens (including phenoxy) is 3. The molecule has 0 saturated carbocycles. The number of carbonyl (C=O) groups excluding carboxylic acids is 1. The fourth-order valence-electron chi connectivity index (χ4n) is 3.01. The summed E-state index contributed by atoms with van der Waals surface area (Å²) in [5, 5.41) is 12.1. The number of nitrogens with one attached hydrogen (secondary N) is 1. The number of hydrogen-bond donors (Lipinski definition) is 2. The number of carboxylic acids is 1. The number of carbonyl (C=O) groups is 2. The molecule has 0 fully saturated rings. The molecule has 3 rings (SSSR count). The summed E-state index contributed by atoms with van der Waals surface area (Å²) < 4.78 is 15.9. The molecule has 1 amide bonds. The average Bonchev–Trinajstić information content (AvgIpc) is 2.70. The fourth-order valence-corrected chi connectivity index (χ4v) is 3.01. The molecule has 7 nitrogen and oxygen atoms in total. The SMILES string of the molecule is COc1ccc2c(c1)OCC(C(=O)NCc1ccc(OC)c(C(=O)O)c1)C2. The van der Waals surface area contributed by atoms with Gasteiger partial charge in [0.1, 0.15) is 29.4 Å². The van der Waals surface area contributed by atoms with Crippen LogP contribution in [0.2, 0.25) is 0 Å². The first-order valence-electron chi connectivity index (χ1n) is 8.49. The van der Waals surface area contributed by atoms with Crippen molar-refractivity contribution in [2.45, 2.75) is 13.0 Å². The van der Waals surface area contributed by atoms with Crippen LogP contribution in [0.5, 0.6) is 17.2 Å². The highest BCUT2D eigenvalue weighted by atomic mass is 16.5. The Morgan fingerprint density at radius 2 is 2.00 bits per heavy atom. The van der Waals surface area contributed by atoms with Crippen molar-refractivity contribution in [2.24, 2.45) is 5.92 Å². The summed E-state index contributed by atoms with van der Waals surface area (Å²) in [5.74, 6) is 0.218. The van der Waals surface area contributed by atoms with Crippen LogP contribution in [-0.4, -0.2) is 37.8 Å². The molecule has 0 radical (unpaired) electrons. The minimum Gasteiger partial charge on any atom is -0.497 e. The Hall–Kier alpha value is -3.22. The van der Waals surface area contributed by atoms with Crippen LogP contribution < -0.4 is 19.5 Å². The van der Waals surface area contributed by atoms with Gasteiger partial charge in [0.15, 0.2) is 0 Å². The monoisotopic (exact) mass is 371 g/mol. The number of methoxy groups -OCH3 is 2. The number of fused-ring (bicyclic) bond motifs is 1. The van der Waals surface area contributed by atoms with Crippen LogP contribution in [0, 0.1) is 5.92 Å². The maximum Gasteiger partial charge on any atom is 0.339 e. The topological polar surface area (TPSA) is 94.1 Å². The predicted molar refractivity (Wildman–Crippen MR) is 97.5 cm³/mol. The second kappa shape index (κ2) is 7.99. The first-order valence-corrected chi connectivity index (χ1v) is 8.49. The van der Waals surface area contributed by atoms with Crippen molar-refractivity contribution in [1.82, 2.24) is 5.32 Å². The number of amides is 1. The van der Waals surface area contributed by atoms with Crippen LogP contribution in [0.15, 0.2) is 36.4 Å². The van der Waals surface area contributed by atoms with E-state index in [0.29, 0.717) is 17.7 Å². The number of hydrogen-bond acceptors (Lipinski definition) is 5. The summed E-state index contributed by atoms with van der Waals surface area (Å²) in [6, 6.07) is 10.4. The normalized spacial score (nSPS) is 15.3. The lowest BCUT2D eigenvalue weighted by molar-refractivity contribution is -0.126. The van der Waals surface area contributed by atoms with Gasteiger partial charge in [-0.15, -0.1) is 0 Å². The third kappa shape index (κ3) is 4.13. The van der Waals surface area contributed by atoms with Crippen molar-refractivity contribution >= 4 is 11.9 Å². The van der Waals surface area contributed by atoms with Crippen LogP contribution in [-0.2, 0) is 17.8 Å². The van der Waals surface area contributed by atoms with E-state index in [1.54, 1.807) is 19.2 Å². The van der Waals surface area contributed by atoms with Gasteiger partial charge in [-0.25, -0.2) is 4.79 Å². The average molecular weight is 371 g/mol. The van der Waals surface area contributed by atoms with Gasteiger partial charge in [0.2, 0.25) is 5.91 Å². The summed E-state index contributed by atoms with van der Waals surface area (Å²) in [4.78, 5) is 23.8. The molecular weight excluding hydrogens is 350 g/mol. The van der Waals surface area contributed by atoms with E-state index in [9.17, 15) is 14.7 Å². The van der Waals surface area contributed by atoms with Crippen LogP contribution in [0.4, 0.5) is 0 Å². The first kappa shape index (κ1) is 18.6. The Labute approximate surface area is 156 Å². The van der Waals surface area contributed by atoms with Gasteiger partial charge >= 0.3 is 5.97 Å². The summed E-state index contributed by atoms with van der Waals surface area (Å²) in [6.45, 7) is 0.518. The molecule has 2 aromatic carbocycles. The maximum absolute atomic E-state index is 12.5. The molecule has 2 N–H and O–H groups in total. The van der Waals surface area contributed by atoms with Crippen molar-refractivity contribution in [1.29, 1.82) is 0 Å². The molecule has 7 heteroatoms. The molecule has 0 spiro atoms. The molecule has 0 aliphatic carbocycles. The zero-order valence-electron chi connectivity index (χ0n) is 15.2. The number of aromatic carboxylic acids is 1. The lowest BCUT2D eigenvalue weighted by Gasteiger charge is -2.25. The van der Waals surface area contributed by atoms with Gasteiger partial charge in [-0.3, -0.25) is 4.79 Å². The van der Waals surface area contributed by atoms with Crippen molar-refractivity contribution in [2.75, 3.05) is 20.8 Å². The Morgan fingerprint density at radius 3 is 2.70 bits per heavy atom. The van der Waals surface area contributed by atoms with E-state index in [-0.39, 0.29) is 36.3 Å². The quantitative estimate of drug-likeness (QED) is 0.809. The van der Waals surface area contributed by atoms with Gasteiger partial charge < -0.3 is 24.6 Å². The largest absolute Gasteiger partial charge is 0.497 e. The van der Waals surface area contributed by atoms with Gasteiger partial charge in [-0.1, -0.05) is 12.1 Å². The minimum absolute atomic E-state index is 0.0631. The van der Waals surface area contributed by atoms with Gasteiger partial charge in [-0.05, 0) is 35.7 Å². The van der Waals surface area contributed by atoms with Crippen molar-refractivity contribution < 1.29 is 28.9 Å². The zero-order chi connectivity index (χ0) is 19.4. The van der Waals surface area contributed by atoms with Crippen LogP contribution in [0.25, 0.3) is 0 Å². The second-order valence-electron chi connectivity index (χ2n) is 6.24. The smallest absolute Gasteiger partial charge is 0.339 e. The standard InChI is InChI=1S/C20H21NO6/c1-25-15-5-4-13-8-14(11-27-18(13)9-15)19(22)21-10-12-3-6-17(26-2)16(7-12)20(23)24/h3-7,9,14H,8,10-11H2,1-2H3,(H,21,22)(H,23,24). The number of carboxylic acid groups (broad SMARTS) is 1. The van der Waals surface area contributed by atoms with Crippen molar-refractivity contribution in [3.8, 4) is 17.2 Å². The highest BCUT2D eigenvalue weighted by Gasteiger charge is 2.26. The Morgan fingerprint density at radius 1 is 1.19 bits per heavy atom. The summed E-state index contributed by atoms with van der Waals surface area (Å²) in [7, 11) is 3.01. The lowest BCUT2D eigenvalue weighted by atomic mass is 9.95. The molecule has 0 saturated heterocycles. The van der Waals surface area contributed by atoms with Crippen LogP contribution in [0.1, 0.15) is 21.5 Å². The molecular formula is C20H21NO6. The molecule has 1 unspecified atom stereocenters. The molecule has 0 aromatic heterocycles. The van der Waals surface area contributed by atoms with Gasteiger partial charge in [0.25, 0.3) is 0 Å². The molecule has 1 atom stereocenters. The molecule has 2 aromatic rings. The van der Waals surface area contributed by atoms with E-state index in [2.05, 4.69) is 5.32 Å². The van der Waals surface area contributed by atoms with Gasteiger partial charge in [-0.2, -0.15) is 0 Å². The Balaban J connectivity index is 1.63. The molecule has 27 heavy (non-hydrogen) atoms. The Kier molecular flexibility index (Phi) is 5.49. The van der Waals surface area contributed by atoms with E-state index in [4.69, 9.17) is 14.2 Å². The van der Waals surface area contributed by atoms with Gasteiger partial charge in [0, 0.05) is 12.6 Å². The minimum atomic E-state index is -1.08. The summed E-state index contributed by atoms with van der Waals surface area (Å²) in [6.07, 6.45) is 0.578. The molecule has 1 aliphatic heterocycles. The molecule has 1 aliphatic rings. The molecule has 142 valence electrons. The molecule has 1 heterocycles. The highest BCUT2D eigenvalue weighted by Crippen LogP contribution is 2.31. The lowest BCUT2D eigenvalue weighted by Crippen LogP contribution is -2.37. The van der Waals surface area contributed by atoms with Gasteiger partial charge in [0.05, 0.1) is 20.1 Å². The van der Waals surface area contributed by atoms with E-state index in [0.717, 1.165) is 11.3 Å². The maximum atomic E-state index is 12.5. The van der Waals surface area contributed by atoms with Crippen LogP contribution in [0.3, 0.4) is 0 Å². The van der Waals surface area contributed by atoms with E-state index in [1.165, 1.54) is 13.2 Å². The van der Waals surface area contributed by atoms with Crippen molar-refractivity contribution in [3.05, 3.63) is 53.1 Å². The third-order valence-corrected chi connectivity index (χ3v) is 4.51.